The first-order valence-corrected chi connectivity index (χ1v) is 6.54. The Hall–Kier alpha value is -0.690. The second-order valence-corrected chi connectivity index (χ2v) is 6.24. The van der Waals surface area contributed by atoms with Crippen molar-refractivity contribution in [1.29, 1.82) is 0 Å². The zero-order valence-electron chi connectivity index (χ0n) is 11.0. The third kappa shape index (κ3) is 2.25. The van der Waals surface area contributed by atoms with Gasteiger partial charge in [0.2, 0.25) is 0 Å². The quantitative estimate of drug-likeness (QED) is 0.648. The molecule has 0 saturated carbocycles. The fourth-order valence-electron chi connectivity index (χ4n) is 1.73. The van der Waals surface area contributed by atoms with Crippen LogP contribution in [0.3, 0.4) is 0 Å². The number of nitrogens with two attached hydrogens (primary N) is 1. The molecule has 0 unspecified atom stereocenters. The molecule has 5 nitrogen and oxygen atoms in total. The third-order valence-corrected chi connectivity index (χ3v) is 3.96. The van der Waals surface area contributed by atoms with Crippen LogP contribution in [0, 0.1) is 0 Å². The fourth-order valence-corrected chi connectivity index (χ4v) is 2.07. The fraction of sp³-hybridized carbons (Fsp3) is 0.583. The average Bonchev–Trinajstić information content (AvgIpc) is 2.48. The number of nitrogen functional groups attached to an aromatic ring is 1. The summed E-state index contributed by atoms with van der Waals surface area (Å²) in [5.74, 6) is 6.02. The third-order valence-electron chi connectivity index (χ3n) is 3.53. The van der Waals surface area contributed by atoms with Crippen LogP contribution in [0.5, 0.6) is 0 Å². The number of hydrogen-bond acceptors (Lipinski definition) is 5. The highest BCUT2D eigenvalue weighted by molar-refractivity contribution is 9.10. The molecule has 6 heteroatoms. The molecule has 0 atom stereocenters. The molecule has 0 bridgehead atoms. The number of pyridine rings is 1. The molecule has 2 rings (SSSR count). The van der Waals surface area contributed by atoms with E-state index in [1.54, 1.807) is 6.20 Å². The maximum atomic E-state index is 5.97. The number of nitrogens with zero attached hydrogens (tertiary/aromatic N) is 1. The maximum Gasteiger partial charge on any atom is 0.188 e. The van der Waals surface area contributed by atoms with Gasteiger partial charge in [0, 0.05) is 10.7 Å². The first kappa shape index (κ1) is 13.7. The Morgan fingerprint density at radius 2 is 1.83 bits per heavy atom. The summed E-state index contributed by atoms with van der Waals surface area (Å²) in [6, 6.07) is 1.89. The molecule has 0 amide bonds. The molecule has 1 aliphatic rings. The van der Waals surface area contributed by atoms with Gasteiger partial charge >= 0.3 is 0 Å². The predicted molar refractivity (Wildman–Crippen MR) is 72.8 cm³/mol. The van der Waals surface area contributed by atoms with E-state index < -0.39 is 6.29 Å². The molecule has 0 spiro atoms. The molecule has 3 N–H and O–H groups in total. The van der Waals surface area contributed by atoms with Crippen LogP contribution in [0.4, 0.5) is 5.82 Å². The number of hydrogen-bond donors (Lipinski definition) is 2. The molecule has 18 heavy (non-hydrogen) atoms. The molecular formula is C12H18BrN3O2. The van der Waals surface area contributed by atoms with Gasteiger partial charge in [-0.3, -0.25) is 0 Å². The van der Waals surface area contributed by atoms with Gasteiger partial charge in [-0.1, -0.05) is 0 Å². The van der Waals surface area contributed by atoms with Gasteiger partial charge in [0.1, 0.15) is 5.82 Å². The van der Waals surface area contributed by atoms with Crippen molar-refractivity contribution >= 4 is 21.7 Å². The largest absolute Gasteiger partial charge is 0.339 e. The number of rotatable bonds is 2. The van der Waals surface area contributed by atoms with E-state index in [4.69, 9.17) is 15.3 Å². The van der Waals surface area contributed by atoms with E-state index in [1.165, 1.54) is 0 Å². The summed E-state index contributed by atoms with van der Waals surface area (Å²) >= 11 is 3.39. The van der Waals surface area contributed by atoms with Gasteiger partial charge in [-0.05, 0) is 49.7 Å². The van der Waals surface area contributed by atoms with Gasteiger partial charge in [0.05, 0.1) is 16.8 Å². The lowest BCUT2D eigenvalue weighted by Gasteiger charge is -2.30. The first-order chi connectivity index (χ1) is 8.27. The van der Waals surface area contributed by atoms with Crippen LogP contribution in [0.15, 0.2) is 16.7 Å². The van der Waals surface area contributed by atoms with Crippen molar-refractivity contribution in [3.63, 3.8) is 0 Å². The Bertz CT molecular complexity index is 447. The summed E-state index contributed by atoms with van der Waals surface area (Å²) in [6.45, 7) is 8.03. The predicted octanol–water partition coefficient (Wildman–Crippen LogP) is 2.73. The van der Waals surface area contributed by atoms with Crippen LogP contribution in [0.2, 0.25) is 0 Å². The Labute approximate surface area is 115 Å². The summed E-state index contributed by atoms with van der Waals surface area (Å²) in [6.07, 6.45) is 1.19. The summed E-state index contributed by atoms with van der Waals surface area (Å²) in [7, 11) is 0. The van der Waals surface area contributed by atoms with E-state index in [9.17, 15) is 0 Å². The SMILES string of the molecule is CC1(C)OC(c2cc(Br)cnc2NN)OC1(C)C. The lowest BCUT2D eigenvalue weighted by Crippen LogP contribution is -2.41. The summed E-state index contributed by atoms with van der Waals surface area (Å²) < 4.78 is 12.8. The molecule has 1 aromatic rings. The van der Waals surface area contributed by atoms with Gasteiger partial charge in [-0.25, -0.2) is 10.8 Å². The van der Waals surface area contributed by atoms with Crippen molar-refractivity contribution in [1.82, 2.24) is 4.98 Å². The smallest absolute Gasteiger partial charge is 0.188 e. The molecule has 1 saturated heterocycles. The van der Waals surface area contributed by atoms with Gasteiger partial charge in [-0.2, -0.15) is 0 Å². The molecule has 1 aromatic heterocycles. The van der Waals surface area contributed by atoms with Crippen LogP contribution in [-0.4, -0.2) is 16.2 Å². The molecular weight excluding hydrogens is 298 g/mol. The van der Waals surface area contributed by atoms with Gasteiger partial charge in [0.15, 0.2) is 6.29 Å². The van der Waals surface area contributed by atoms with Crippen molar-refractivity contribution in [2.24, 2.45) is 5.84 Å². The second-order valence-electron chi connectivity index (χ2n) is 5.32. The van der Waals surface area contributed by atoms with Crippen LogP contribution >= 0.6 is 15.9 Å². The number of nitrogens with one attached hydrogen (secondary N) is 1. The molecule has 0 aromatic carbocycles. The lowest BCUT2D eigenvalue weighted by molar-refractivity contribution is -0.0892. The highest BCUT2D eigenvalue weighted by atomic mass is 79.9. The number of hydrazine groups is 1. The van der Waals surface area contributed by atoms with E-state index in [1.807, 2.05) is 33.8 Å². The highest BCUT2D eigenvalue weighted by Crippen LogP contribution is 2.46. The summed E-state index contributed by atoms with van der Waals surface area (Å²) in [5.41, 5.74) is 2.58. The Balaban J connectivity index is 2.37. The number of ether oxygens (including phenoxy) is 2. The van der Waals surface area contributed by atoms with Crippen LogP contribution in [0.1, 0.15) is 39.5 Å². The minimum absolute atomic E-state index is 0.383. The van der Waals surface area contributed by atoms with Crippen molar-refractivity contribution < 1.29 is 9.47 Å². The molecule has 100 valence electrons. The monoisotopic (exact) mass is 315 g/mol. The van der Waals surface area contributed by atoms with Crippen molar-refractivity contribution in [3.05, 3.63) is 22.3 Å². The van der Waals surface area contributed by atoms with E-state index in [0.29, 0.717) is 5.82 Å². The normalized spacial score (nSPS) is 22.1. The molecule has 0 radical (unpaired) electrons. The Kier molecular flexibility index (Phi) is 3.40. The van der Waals surface area contributed by atoms with Crippen molar-refractivity contribution in [2.45, 2.75) is 45.2 Å². The van der Waals surface area contributed by atoms with Gasteiger partial charge < -0.3 is 14.9 Å². The molecule has 2 heterocycles. The Morgan fingerprint density at radius 3 is 2.33 bits per heavy atom. The summed E-state index contributed by atoms with van der Waals surface area (Å²) in [4.78, 5) is 4.19. The van der Waals surface area contributed by atoms with E-state index in [2.05, 4.69) is 26.3 Å². The van der Waals surface area contributed by atoms with Crippen molar-refractivity contribution in [3.8, 4) is 0 Å². The maximum absolute atomic E-state index is 5.97. The van der Waals surface area contributed by atoms with E-state index >= 15 is 0 Å². The van der Waals surface area contributed by atoms with E-state index in [0.717, 1.165) is 10.0 Å². The number of aromatic nitrogens is 1. The minimum Gasteiger partial charge on any atom is -0.339 e. The topological polar surface area (TPSA) is 69.4 Å². The van der Waals surface area contributed by atoms with Crippen LogP contribution in [-0.2, 0) is 9.47 Å². The minimum atomic E-state index is -0.481. The lowest BCUT2D eigenvalue weighted by atomic mass is 9.90. The average molecular weight is 316 g/mol. The number of halogens is 1. The second kappa shape index (κ2) is 4.45. The zero-order chi connectivity index (χ0) is 13.6. The summed E-state index contributed by atoms with van der Waals surface area (Å²) in [5, 5.41) is 0. The van der Waals surface area contributed by atoms with Crippen LogP contribution < -0.4 is 11.3 Å². The Morgan fingerprint density at radius 1 is 1.28 bits per heavy atom. The van der Waals surface area contributed by atoms with Gasteiger partial charge in [-0.15, -0.1) is 0 Å². The molecule has 1 aliphatic heterocycles. The zero-order valence-corrected chi connectivity index (χ0v) is 12.5. The highest BCUT2D eigenvalue weighted by Gasteiger charge is 2.50. The first-order valence-electron chi connectivity index (χ1n) is 5.74. The van der Waals surface area contributed by atoms with Crippen LogP contribution in [0.25, 0.3) is 0 Å². The van der Waals surface area contributed by atoms with Gasteiger partial charge in [0.25, 0.3) is 0 Å². The molecule has 1 fully saturated rings. The standard InChI is InChI=1S/C12H18BrN3O2/c1-11(2)12(3,4)18-10(17-11)8-5-7(13)6-15-9(8)16-14/h5-6,10H,14H2,1-4H3,(H,15,16). The number of anilines is 1. The molecule has 0 aliphatic carbocycles. The van der Waals surface area contributed by atoms with E-state index in [-0.39, 0.29) is 11.2 Å². The van der Waals surface area contributed by atoms with Crippen molar-refractivity contribution in [2.75, 3.05) is 5.43 Å².